The van der Waals surface area contributed by atoms with E-state index in [0.717, 1.165) is 0 Å². The molecule has 4 rings (SSSR count). The van der Waals surface area contributed by atoms with Crippen molar-refractivity contribution in [3.63, 3.8) is 0 Å². The maximum atomic E-state index is 12.9. The molecule has 8 heteroatoms. The smallest absolute Gasteiger partial charge is 0.247 e. The predicted molar refractivity (Wildman–Crippen MR) is 121 cm³/mol. The number of fused-ring (bicyclic) bond motifs is 2. The second kappa shape index (κ2) is 10.0. The summed E-state index contributed by atoms with van der Waals surface area (Å²) in [5.41, 5.74) is 2.98. The minimum Gasteiger partial charge on any atom is -0.486 e. The first-order chi connectivity index (χ1) is 14.5. The van der Waals surface area contributed by atoms with Crippen LogP contribution in [0.25, 0.3) is 0 Å². The highest BCUT2D eigenvalue weighted by Gasteiger charge is 2.30. The van der Waals surface area contributed by atoms with Gasteiger partial charge in [-0.15, -0.1) is 12.4 Å². The van der Waals surface area contributed by atoms with E-state index in [-0.39, 0.29) is 36.2 Å². The van der Waals surface area contributed by atoms with Gasteiger partial charge in [0, 0.05) is 18.3 Å². The molecule has 2 heterocycles. The van der Waals surface area contributed by atoms with Gasteiger partial charge in [-0.2, -0.15) is 0 Å². The molecule has 0 bridgehead atoms. The summed E-state index contributed by atoms with van der Waals surface area (Å²) in [6, 6.07) is 12.4. The number of nitrogens with one attached hydrogen (secondary N) is 3. The number of ether oxygens (including phenoxy) is 2. The number of rotatable bonds is 5. The van der Waals surface area contributed by atoms with Crippen LogP contribution in [0.1, 0.15) is 25.0 Å². The molecule has 0 aromatic heterocycles. The number of anilines is 1. The fourth-order valence-corrected chi connectivity index (χ4v) is 3.77. The number of amides is 2. The summed E-state index contributed by atoms with van der Waals surface area (Å²) in [5.74, 6) is 0.777. The lowest BCUT2D eigenvalue weighted by Gasteiger charge is -2.28. The first-order valence-corrected chi connectivity index (χ1v) is 10.3. The zero-order valence-electron chi connectivity index (χ0n) is 17.6. The van der Waals surface area contributed by atoms with Crippen molar-refractivity contribution in [1.82, 2.24) is 10.6 Å². The highest BCUT2D eigenvalue weighted by Crippen LogP contribution is 2.32. The maximum absolute atomic E-state index is 12.9. The van der Waals surface area contributed by atoms with Crippen LogP contribution >= 0.6 is 12.4 Å². The van der Waals surface area contributed by atoms with Crippen LogP contribution in [-0.4, -0.2) is 37.1 Å². The third-order valence-electron chi connectivity index (χ3n) is 5.45. The lowest BCUT2D eigenvalue weighted by molar-refractivity contribution is -0.128. The first kappa shape index (κ1) is 22.9. The quantitative estimate of drug-likeness (QED) is 0.658. The molecule has 0 spiro atoms. The van der Waals surface area contributed by atoms with Crippen LogP contribution in [0.4, 0.5) is 5.69 Å². The summed E-state index contributed by atoms with van der Waals surface area (Å²) in [5, 5.41) is 9.09. The molecular weight excluding hydrogens is 418 g/mol. The molecule has 0 aliphatic carbocycles. The van der Waals surface area contributed by atoms with Gasteiger partial charge in [-0.05, 0) is 35.6 Å². The van der Waals surface area contributed by atoms with Crippen LogP contribution < -0.4 is 25.4 Å². The Bertz CT molecular complexity index is 950. The Morgan fingerprint density at radius 1 is 1.03 bits per heavy atom. The second-order valence-corrected chi connectivity index (χ2v) is 7.98. The standard InChI is InChI=1S/C23H27N3O4.ClH/c1-14(2)21(23(28)25-17-7-8-19-20(12-17)30-10-9-29-19)26-22(27)18-11-15-5-3-4-6-16(15)13-24-18;/h3-8,12,14,18,21,24H,9-11,13H2,1-2H3,(H,25,28)(H,26,27);1H. The molecule has 2 aromatic rings. The van der Waals surface area contributed by atoms with E-state index in [4.69, 9.17) is 9.47 Å². The van der Waals surface area contributed by atoms with Gasteiger partial charge in [-0.3, -0.25) is 9.59 Å². The highest BCUT2D eigenvalue weighted by molar-refractivity contribution is 5.98. The van der Waals surface area contributed by atoms with Crippen LogP contribution in [0.15, 0.2) is 42.5 Å². The van der Waals surface area contributed by atoms with Gasteiger partial charge in [0.25, 0.3) is 0 Å². The number of benzene rings is 2. The number of carbonyl (C=O) groups excluding carboxylic acids is 2. The zero-order chi connectivity index (χ0) is 21.1. The summed E-state index contributed by atoms with van der Waals surface area (Å²) in [6.07, 6.45) is 0.608. The highest BCUT2D eigenvalue weighted by atomic mass is 35.5. The lowest BCUT2D eigenvalue weighted by Crippen LogP contribution is -2.54. The summed E-state index contributed by atoms with van der Waals surface area (Å²) in [7, 11) is 0. The normalized spacial score (nSPS) is 17.7. The summed E-state index contributed by atoms with van der Waals surface area (Å²) in [6.45, 7) is 5.46. The van der Waals surface area contributed by atoms with E-state index in [1.807, 2.05) is 32.0 Å². The third kappa shape index (κ3) is 5.29. The molecule has 2 unspecified atom stereocenters. The minimum atomic E-state index is -0.648. The molecular formula is C23H28ClN3O4. The molecule has 0 fully saturated rings. The lowest BCUT2D eigenvalue weighted by atomic mass is 9.94. The third-order valence-corrected chi connectivity index (χ3v) is 5.45. The van der Waals surface area contributed by atoms with Gasteiger partial charge >= 0.3 is 0 Å². The van der Waals surface area contributed by atoms with E-state index in [0.29, 0.717) is 43.4 Å². The van der Waals surface area contributed by atoms with Crippen LogP contribution in [-0.2, 0) is 22.6 Å². The number of hydrogen-bond acceptors (Lipinski definition) is 5. The van der Waals surface area contributed by atoms with E-state index in [1.165, 1.54) is 11.1 Å². The van der Waals surface area contributed by atoms with Crippen LogP contribution in [0.5, 0.6) is 11.5 Å². The van der Waals surface area contributed by atoms with Crippen LogP contribution in [0.3, 0.4) is 0 Å². The molecule has 3 N–H and O–H groups in total. The Morgan fingerprint density at radius 2 is 1.74 bits per heavy atom. The van der Waals surface area contributed by atoms with Crippen molar-refractivity contribution in [2.75, 3.05) is 18.5 Å². The Kier molecular flexibility index (Phi) is 7.41. The van der Waals surface area contributed by atoms with Crippen molar-refractivity contribution in [3.8, 4) is 11.5 Å². The van der Waals surface area contributed by atoms with Crippen LogP contribution in [0, 0.1) is 5.92 Å². The molecule has 0 radical (unpaired) electrons. The van der Waals surface area contributed by atoms with Gasteiger partial charge in [0.05, 0.1) is 6.04 Å². The Balaban J connectivity index is 0.00000272. The van der Waals surface area contributed by atoms with E-state index >= 15 is 0 Å². The van der Waals surface area contributed by atoms with Gasteiger partial charge < -0.3 is 25.4 Å². The van der Waals surface area contributed by atoms with Crippen molar-refractivity contribution in [2.24, 2.45) is 5.92 Å². The average molecular weight is 446 g/mol. The number of carbonyl (C=O) groups is 2. The van der Waals surface area contributed by atoms with Gasteiger partial charge in [0.2, 0.25) is 11.8 Å². The van der Waals surface area contributed by atoms with Crippen molar-refractivity contribution in [2.45, 2.75) is 38.9 Å². The minimum absolute atomic E-state index is 0. The predicted octanol–water partition coefficient (Wildman–Crippen LogP) is 2.67. The van der Waals surface area contributed by atoms with E-state index in [9.17, 15) is 9.59 Å². The van der Waals surface area contributed by atoms with Crippen molar-refractivity contribution in [1.29, 1.82) is 0 Å². The molecule has 31 heavy (non-hydrogen) atoms. The topological polar surface area (TPSA) is 88.7 Å². The van der Waals surface area contributed by atoms with Gasteiger partial charge in [0.1, 0.15) is 19.3 Å². The SMILES string of the molecule is CC(C)C(NC(=O)C1Cc2ccccc2CN1)C(=O)Nc1ccc2c(c1)OCCO2.Cl. The Labute approximate surface area is 188 Å². The summed E-state index contributed by atoms with van der Waals surface area (Å²) < 4.78 is 11.1. The molecule has 2 aliphatic heterocycles. The van der Waals surface area contributed by atoms with Crippen molar-refractivity contribution >= 4 is 29.9 Å². The monoisotopic (exact) mass is 445 g/mol. The molecule has 166 valence electrons. The Hall–Kier alpha value is -2.77. The summed E-state index contributed by atoms with van der Waals surface area (Å²) in [4.78, 5) is 25.8. The fourth-order valence-electron chi connectivity index (χ4n) is 3.77. The molecule has 7 nitrogen and oxygen atoms in total. The zero-order valence-corrected chi connectivity index (χ0v) is 18.5. The molecule has 2 amide bonds. The molecule has 2 aliphatic rings. The van der Waals surface area contributed by atoms with Crippen molar-refractivity contribution in [3.05, 3.63) is 53.6 Å². The largest absolute Gasteiger partial charge is 0.486 e. The van der Waals surface area contributed by atoms with Gasteiger partial charge in [-0.1, -0.05) is 38.1 Å². The van der Waals surface area contributed by atoms with Gasteiger partial charge in [-0.25, -0.2) is 0 Å². The van der Waals surface area contributed by atoms with E-state index in [1.54, 1.807) is 18.2 Å². The fraction of sp³-hybridized carbons (Fsp3) is 0.391. The molecule has 2 atom stereocenters. The van der Waals surface area contributed by atoms with E-state index in [2.05, 4.69) is 22.0 Å². The number of halogens is 1. The Morgan fingerprint density at radius 3 is 2.48 bits per heavy atom. The molecule has 0 saturated heterocycles. The van der Waals surface area contributed by atoms with E-state index < -0.39 is 6.04 Å². The van der Waals surface area contributed by atoms with Crippen molar-refractivity contribution < 1.29 is 19.1 Å². The van der Waals surface area contributed by atoms with Gasteiger partial charge in [0.15, 0.2) is 11.5 Å². The van der Waals surface area contributed by atoms with Crippen LogP contribution in [0.2, 0.25) is 0 Å². The summed E-state index contributed by atoms with van der Waals surface area (Å²) >= 11 is 0. The average Bonchev–Trinajstić information content (AvgIpc) is 2.76. The number of hydrogen-bond donors (Lipinski definition) is 3. The first-order valence-electron chi connectivity index (χ1n) is 10.3. The maximum Gasteiger partial charge on any atom is 0.247 e. The molecule has 0 saturated carbocycles. The molecule has 2 aromatic carbocycles. The second-order valence-electron chi connectivity index (χ2n) is 7.98.